The summed E-state index contributed by atoms with van der Waals surface area (Å²) in [4.78, 5) is 0. The monoisotopic (exact) mass is 119 g/mol. The van der Waals surface area contributed by atoms with Crippen molar-refractivity contribution in [3.63, 3.8) is 0 Å². The van der Waals surface area contributed by atoms with Gasteiger partial charge in [0.1, 0.15) is 0 Å². The molecule has 3 nitrogen and oxygen atoms in total. The first-order chi connectivity index (χ1) is 3.43. The number of hydrazine groups is 1. The third-order valence-electron chi connectivity index (χ3n) is 0.953. The van der Waals surface area contributed by atoms with Gasteiger partial charge < -0.3 is 0 Å². The molecule has 0 aliphatic carbocycles. The minimum atomic E-state index is 1.07. The van der Waals surface area contributed by atoms with Gasteiger partial charge in [0.05, 0.1) is 0 Å². The highest BCUT2D eigenvalue weighted by Gasteiger charge is 2.07. The first-order valence-corrected chi connectivity index (χ1v) is 3.15. The molecule has 0 saturated carbocycles. The van der Waals surface area contributed by atoms with Crippen molar-refractivity contribution < 1.29 is 0 Å². The molecular formula is C3H9N3S. The predicted octanol–water partition coefficient (Wildman–Crippen LogP) is -0.281. The van der Waals surface area contributed by atoms with E-state index in [1.54, 1.807) is 0 Å². The van der Waals surface area contributed by atoms with Crippen LogP contribution in [-0.4, -0.2) is 17.5 Å². The lowest BCUT2D eigenvalue weighted by molar-refractivity contribution is 0.460. The number of nitrogens with two attached hydrogens (primary N) is 1. The fraction of sp³-hybridized carbons (Fsp3) is 1.00. The van der Waals surface area contributed by atoms with Crippen LogP contribution in [0.15, 0.2) is 0 Å². The van der Waals surface area contributed by atoms with Crippen LogP contribution < -0.4 is 10.6 Å². The zero-order valence-electron chi connectivity index (χ0n) is 4.05. The molecule has 1 fully saturated rings. The fourth-order valence-electron chi connectivity index (χ4n) is 0.595. The second-order valence-corrected chi connectivity index (χ2v) is 2.12. The molecule has 4 heteroatoms. The lowest BCUT2D eigenvalue weighted by Gasteiger charge is -2.07. The average molecular weight is 119 g/mol. The van der Waals surface area contributed by atoms with Crippen LogP contribution in [-0.2, 0) is 0 Å². The third-order valence-corrected chi connectivity index (χ3v) is 1.52. The van der Waals surface area contributed by atoms with Crippen molar-refractivity contribution in [3.8, 4) is 0 Å². The van der Waals surface area contributed by atoms with Crippen LogP contribution in [0, 0.1) is 0 Å². The summed E-state index contributed by atoms with van der Waals surface area (Å²) in [7, 11) is 0. The number of hydrogen-bond donors (Lipinski definition) is 2. The maximum Gasteiger partial charge on any atom is 0.0270 e. The summed E-state index contributed by atoms with van der Waals surface area (Å²) in [6.07, 6.45) is 1.21. The Morgan fingerprint density at radius 1 is 1.71 bits per heavy atom. The predicted molar refractivity (Wildman–Crippen MR) is 31.1 cm³/mol. The zero-order chi connectivity index (χ0) is 5.11. The van der Waals surface area contributed by atoms with Crippen molar-refractivity contribution in [2.24, 2.45) is 5.14 Å². The number of hydrogen-bond acceptors (Lipinski definition) is 4. The molecule has 1 aliphatic heterocycles. The van der Waals surface area contributed by atoms with Gasteiger partial charge in [0.15, 0.2) is 0 Å². The van der Waals surface area contributed by atoms with E-state index in [1.807, 2.05) is 4.41 Å². The molecule has 0 atom stereocenters. The highest BCUT2D eigenvalue weighted by atomic mass is 32.2. The van der Waals surface area contributed by atoms with Crippen LogP contribution >= 0.6 is 12.1 Å². The van der Waals surface area contributed by atoms with Crippen molar-refractivity contribution in [1.29, 1.82) is 0 Å². The third kappa shape index (κ3) is 1.31. The van der Waals surface area contributed by atoms with Gasteiger partial charge in [-0.15, -0.1) is 0 Å². The Morgan fingerprint density at radius 2 is 2.57 bits per heavy atom. The van der Waals surface area contributed by atoms with Crippen LogP contribution in [0.1, 0.15) is 6.42 Å². The SMILES string of the molecule is NSN1CCCN1. The molecule has 7 heavy (non-hydrogen) atoms. The second-order valence-electron chi connectivity index (χ2n) is 1.47. The fourth-order valence-corrected chi connectivity index (χ4v) is 0.996. The van der Waals surface area contributed by atoms with E-state index < -0.39 is 0 Å². The molecule has 0 aromatic carbocycles. The van der Waals surface area contributed by atoms with Gasteiger partial charge in [0.2, 0.25) is 0 Å². The quantitative estimate of drug-likeness (QED) is 0.466. The smallest absolute Gasteiger partial charge is 0.0270 e. The Hall–Kier alpha value is 0.230. The van der Waals surface area contributed by atoms with Crippen LogP contribution in [0.2, 0.25) is 0 Å². The molecule has 1 rings (SSSR count). The molecule has 0 aromatic rings. The average Bonchev–Trinajstić information content (AvgIpc) is 2.14. The molecule has 0 aromatic heterocycles. The molecule has 1 saturated heterocycles. The lowest BCUT2D eigenvalue weighted by Crippen LogP contribution is -2.24. The Kier molecular flexibility index (Phi) is 1.93. The molecule has 42 valence electrons. The van der Waals surface area contributed by atoms with Gasteiger partial charge in [-0.2, -0.15) is 4.41 Å². The Morgan fingerprint density at radius 3 is 2.86 bits per heavy atom. The molecule has 1 heterocycles. The van der Waals surface area contributed by atoms with Crippen LogP contribution in [0.5, 0.6) is 0 Å². The van der Waals surface area contributed by atoms with Crippen LogP contribution in [0.4, 0.5) is 0 Å². The van der Waals surface area contributed by atoms with Crippen molar-refractivity contribution in [2.45, 2.75) is 6.42 Å². The van der Waals surface area contributed by atoms with E-state index in [4.69, 9.17) is 5.14 Å². The van der Waals surface area contributed by atoms with E-state index in [0.29, 0.717) is 0 Å². The van der Waals surface area contributed by atoms with E-state index in [0.717, 1.165) is 13.1 Å². The van der Waals surface area contributed by atoms with Crippen molar-refractivity contribution >= 4 is 12.1 Å². The summed E-state index contributed by atoms with van der Waals surface area (Å²) in [5.41, 5.74) is 3.08. The van der Waals surface area contributed by atoms with Gasteiger partial charge in [0, 0.05) is 25.2 Å². The normalized spacial score (nSPS) is 23.6. The highest BCUT2D eigenvalue weighted by Crippen LogP contribution is 2.02. The van der Waals surface area contributed by atoms with E-state index in [2.05, 4.69) is 5.43 Å². The van der Waals surface area contributed by atoms with Gasteiger partial charge in [-0.25, -0.2) is 5.43 Å². The summed E-state index contributed by atoms with van der Waals surface area (Å²) in [5.74, 6) is 0. The van der Waals surface area contributed by atoms with Gasteiger partial charge in [-0.1, -0.05) is 0 Å². The summed E-state index contributed by atoms with van der Waals surface area (Å²) < 4.78 is 1.93. The van der Waals surface area contributed by atoms with E-state index in [1.165, 1.54) is 18.6 Å². The van der Waals surface area contributed by atoms with Crippen molar-refractivity contribution in [2.75, 3.05) is 13.1 Å². The van der Waals surface area contributed by atoms with Gasteiger partial charge in [-0.3, -0.25) is 5.14 Å². The van der Waals surface area contributed by atoms with Crippen molar-refractivity contribution in [3.05, 3.63) is 0 Å². The second kappa shape index (κ2) is 2.52. The topological polar surface area (TPSA) is 41.3 Å². The molecular weight excluding hydrogens is 110 g/mol. The Balaban J connectivity index is 2.14. The lowest BCUT2D eigenvalue weighted by atomic mass is 10.5. The van der Waals surface area contributed by atoms with E-state index in [9.17, 15) is 0 Å². The van der Waals surface area contributed by atoms with E-state index in [-0.39, 0.29) is 0 Å². The maximum atomic E-state index is 5.21. The first kappa shape index (κ1) is 5.37. The molecule has 3 N–H and O–H groups in total. The highest BCUT2D eigenvalue weighted by molar-refractivity contribution is 7.94. The Labute approximate surface area is 47.5 Å². The Bertz CT molecular complexity index is 52.1. The molecule has 0 amide bonds. The zero-order valence-corrected chi connectivity index (χ0v) is 4.87. The van der Waals surface area contributed by atoms with Crippen molar-refractivity contribution in [1.82, 2.24) is 9.84 Å². The number of nitrogens with one attached hydrogen (secondary N) is 1. The van der Waals surface area contributed by atoms with Gasteiger partial charge in [0.25, 0.3) is 0 Å². The maximum absolute atomic E-state index is 5.21. The van der Waals surface area contributed by atoms with Gasteiger partial charge in [-0.05, 0) is 6.42 Å². The summed E-state index contributed by atoms with van der Waals surface area (Å²) in [5, 5.41) is 5.21. The molecule has 0 unspecified atom stereocenters. The van der Waals surface area contributed by atoms with Gasteiger partial charge >= 0.3 is 0 Å². The molecule has 0 radical (unpaired) electrons. The summed E-state index contributed by atoms with van der Waals surface area (Å²) in [6, 6.07) is 0. The number of rotatable bonds is 1. The largest absolute Gasteiger partial charge is 0.263 e. The molecule has 0 spiro atoms. The first-order valence-electron chi connectivity index (χ1n) is 2.31. The minimum absolute atomic E-state index is 1.07. The summed E-state index contributed by atoms with van der Waals surface area (Å²) in [6.45, 7) is 2.14. The number of nitrogens with zero attached hydrogens (tertiary/aromatic N) is 1. The van der Waals surface area contributed by atoms with Crippen LogP contribution in [0.3, 0.4) is 0 Å². The molecule has 1 aliphatic rings. The van der Waals surface area contributed by atoms with E-state index >= 15 is 0 Å². The standard InChI is InChI=1S/C3H9N3S/c4-7-6-3-1-2-5-6/h5H,1-4H2. The van der Waals surface area contributed by atoms with Crippen LogP contribution in [0.25, 0.3) is 0 Å². The molecule has 0 bridgehead atoms. The minimum Gasteiger partial charge on any atom is -0.263 e. The summed E-state index contributed by atoms with van der Waals surface area (Å²) >= 11 is 1.25.